The highest BCUT2D eigenvalue weighted by atomic mass is 16.3. The van der Waals surface area contributed by atoms with Gasteiger partial charge in [0.2, 0.25) is 0 Å². The average Bonchev–Trinajstić information content (AvgIpc) is 2.38. The predicted octanol–water partition coefficient (Wildman–Crippen LogP) is 4.81. The third-order valence-electron chi connectivity index (χ3n) is 3.31. The second-order valence-electron chi connectivity index (χ2n) is 4.96. The Labute approximate surface area is 112 Å². The van der Waals surface area contributed by atoms with Crippen LogP contribution in [0, 0.1) is 0 Å². The highest BCUT2D eigenvalue weighted by Crippen LogP contribution is 2.27. The number of aryl methyl sites for hydroxylation is 2. The van der Waals surface area contributed by atoms with E-state index in [1.54, 1.807) is 0 Å². The van der Waals surface area contributed by atoms with Gasteiger partial charge >= 0.3 is 0 Å². The molecule has 1 heteroatoms. The molecule has 0 unspecified atom stereocenters. The summed E-state index contributed by atoms with van der Waals surface area (Å²) in [7, 11) is 0. The number of phenols is 1. The van der Waals surface area contributed by atoms with Crippen molar-refractivity contribution in [2.45, 2.75) is 58.8 Å². The van der Waals surface area contributed by atoms with Crippen LogP contribution in [0.1, 0.15) is 56.2 Å². The van der Waals surface area contributed by atoms with Gasteiger partial charge in [-0.05, 0) is 48.8 Å². The molecule has 0 heterocycles. The molecular formula is C17H26O. The SMILES string of the molecule is C=CCc1cc(CCCC)cc(CCCC)c1O. The Bertz CT molecular complexity index is 379. The first kappa shape index (κ1) is 14.8. The van der Waals surface area contributed by atoms with Crippen LogP contribution in [0.15, 0.2) is 24.8 Å². The minimum atomic E-state index is 0.489. The number of hydrogen-bond acceptors (Lipinski definition) is 1. The molecule has 0 bridgehead atoms. The Morgan fingerprint density at radius 1 is 1.06 bits per heavy atom. The minimum Gasteiger partial charge on any atom is -0.507 e. The van der Waals surface area contributed by atoms with Gasteiger partial charge in [-0.3, -0.25) is 0 Å². The molecule has 1 nitrogen and oxygen atoms in total. The fourth-order valence-corrected chi connectivity index (χ4v) is 2.23. The highest BCUT2D eigenvalue weighted by molar-refractivity contribution is 5.44. The van der Waals surface area contributed by atoms with Crippen LogP contribution in [0.3, 0.4) is 0 Å². The van der Waals surface area contributed by atoms with Crippen LogP contribution < -0.4 is 0 Å². The van der Waals surface area contributed by atoms with E-state index in [4.69, 9.17) is 0 Å². The van der Waals surface area contributed by atoms with Gasteiger partial charge in [-0.15, -0.1) is 6.58 Å². The van der Waals surface area contributed by atoms with Gasteiger partial charge in [0.1, 0.15) is 5.75 Å². The number of aromatic hydroxyl groups is 1. The Kier molecular flexibility index (Phi) is 6.56. The first-order valence-electron chi connectivity index (χ1n) is 7.17. The molecule has 0 atom stereocenters. The molecule has 100 valence electrons. The van der Waals surface area contributed by atoms with E-state index in [1.807, 2.05) is 6.08 Å². The van der Waals surface area contributed by atoms with Crippen LogP contribution in [0.4, 0.5) is 0 Å². The lowest BCUT2D eigenvalue weighted by atomic mass is 9.96. The summed E-state index contributed by atoms with van der Waals surface area (Å²) in [6.07, 6.45) is 9.43. The molecule has 1 N–H and O–H groups in total. The molecule has 18 heavy (non-hydrogen) atoms. The average molecular weight is 246 g/mol. The Morgan fingerprint density at radius 2 is 1.67 bits per heavy atom. The molecule has 1 rings (SSSR count). The van der Waals surface area contributed by atoms with Gasteiger partial charge in [0, 0.05) is 0 Å². The van der Waals surface area contributed by atoms with Crippen LogP contribution in [-0.2, 0) is 19.3 Å². The zero-order valence-corrected chi connectivity index (χ0v) is 11.8. The van der Waals surface area contributed by atoms with Crippen molar-refractivity contribution >= 4 is 0 Å². The van der Waals surface area contributed by atoms with Crippen LogP contribution in [0.5, 0.6) is 5.75 Å². The maximum atomic E-state index is 10.2. The van der Waals surface area contributed by atoms with Gasteiger partial charge in [0.25, 0.3) is 0 Å². The van der Waals surface area contributed by atoms with E-state index in [1.165, 1.54) is 18.4 Å². The molecule has 0 spiro atoms. The number of hydrogen-bond donors (Lipinski definition) is 1. The fraction of sp³-hybridized carbons (Fsp3) is 0.529. The summed E-state index contributed by atoms with van der Waals surface area (Å²) in [5.74, 6) is 0.489. The van der Waals surface area contributed by atoms with Crippen LogP contribution >= 0.6 is 0 Å². The summed E-state index contributed by atoms with van der Waals surface area (Å²) in [6, 6.07) is 4.33. The predicted molar refractivity (Wildman–Crippen MR) is 79.2 cm³/mol. The molecule has 0 aliphatic rings. The van der Waals surface area contributed by atoms with E-state index < -0.39 is 0 Å². The molecule has 0 fully saturated rings. The van der Waals surface area contributed by atoms with Crippen molar-refractivity contribution in [3.05, 3.63) is 41.5 Å². The quantitative estimate of drug-likeness (QED) is 0.653. The fourth-order valence-electron chi connectivity index (χ4n) is 2.23. The Morgan fingerprint density at radius 3 is 2.28 bits per heavy atom. The molecule has 1 aromatic rings. The molecular weight excluding hydrogens is 220 g/mol. The minimum absolute atomic E-state index is 0.489. The van der Waals surface area contributed by atoms with Crippen molar-refractivity contribution in [3.8, 4) is 5.75 Å². The molecule has 0 saturated carbocycles. The molecule has 0 amide bonds. The summed E-state index contributed by atoms with van der Waals surface area (Å²) in [5.41, 5.74) is 3.50. The maximum absolute atomic E-state index is 10.2. The maximum Gasteiger partial charge on any atom is 0.122 e. The van der Waals surface area contributed by atoms with Gasteiger partial charge < -0.3 is 5.11 Å². The monoisotopic (exact) mass is 246 g/mol. The zero-order chi connectivity index (χ0) is 13.4. The van der Waals surface area contributed by atoms with Crippen LogP contribution in [0.2, 0.25) is 0 Å². The van der Waals surface area contributed by atoms with Gasteiger partial charge in [-0.2, -0.15) is 0 Å². The van der Waals surface area contributed by atoms with E-state index in [0.29, 0.717) is 5.75 Å². The summed E-state index contributed by atoms with van der Waals surface area (Å²) < 4.78 is 0. The second kappa shape index (κ2) is 7.97. The third kappa shape index (κ3) is 4.21. The van der Waals surface area contributed by atoms with E-state index in [0.717, 1.165) is 43.2 Å². The zero-order valence-electron chi connectivity index (χ0n) is 11.8. The molecule has 0 radical (unpaired) electrons. The van der Waals surface area contributed by atoms with Crippen LogP contribution in [0.25, 0.3) is 0 Å². The molecule has 0 aromatic heterocycles. The number of unbranched alkanes of at least 4 members (excludes halogenated alkanes) is 2. The number of rotatable bonds is 8. The smallest absolute Gasteiger partial charge is 0.122 e. The lowest BCUT2D eigenvalue weighted by Crippen LogP contribution is -1.96. The lowest BCUT2D eigenvalue weighted by Gasteiger charge is -2.12. The van der Waals surface area contributed by atoms with Gasteiger partial charge in [-0.1, -0.05) is 44.9 Å². The van der Waals surface area contributed by atoms with Crippen molar-refractivity contribution < 1.29 is 5.11 Å². The van der Waals surface area contributed by atoms with E-state index in [2.05, 4.69) is 32.6 Å². The summed E-state index contributed by atoms with van der Waals surface area (Å²) in [5, 5.41) is 10.2. The Hall–Kier alpha value is -1.24. The van der Waals surface area contributed by atoms with Crippen molar-refractivity contribution in [1.29, 1.82) is 0 Å². The van der Waals surface area contributed by atoms with Crippen molar-refractivity contribution in [2.75, 3.05) is 0 Å². The van der Waals surface area contributed by atoms with Gasteiger partial charge in [0.15, 0.2) is 0 Å². The van der Waals surface area contributed by atoms with E-state index in [-0.39, 0.29) is 0 Å². The molecule has 1 aromatic carbocycles. The number of allylic oxidation sites excluding steroid dienone is 1. The summed E-state index contributed by atoms with van der Waals surface area (Å²) >= 11 is 0. The molecule has 0 aliphatic heterocycles. The van der Waals surface area contributed by atoms with Crippen molar-refractivity contribution in [3.63, 3.8) is 0 Å². The normalized spacial score (nSPS) is 10.6. The molecule has 0 aliphatic carbocycles. The van der Waals surface area contributed by atoms with E-state index >= 15 is 0 Å². The number of benzene rings is 1. The van der Waals surface area contributed by atoms with Crippen molar-refractivity contribution in [2.24, 2.45) is 0 Å². The second-order valence-corrected chi connectivity index (χ2v) is 4.96. The highest BCUT2D eigenvalue weighted by Gasteiger charge is 2.08. The summed E-state index contributed by atoms with van der Waals surface area (Å²) in [4.78, 5) is 0. The topological polar surface area (TPSA) is 20.2 Å². The van der Waals surface area contributed by atoms with E-state index in [9.17, 15) is 5.11 Å². The summed E-state index contributed by atoms with van der Waals surface area (Å²) in [6.45, 7) is 8.16. The standard InChI is InChI=1S/C17H26O/c1-4-7-10-14-12-15(9-6-3)17(18)16(13-14)11-8-5-2/h6,12-13,18H,3-5,7-11H2,1-2H3. The lowest BCUT2D eigenvalue weighted by molar-refractivity contribution is 0.461. The van der Waals surface area contributed by atoms with Gasteiger partial charge in [-0.25, -0.2) is 0 Å². The van der Waals surface area contributed by atoms with Crippen LogP contribution in [-0.4, -0.2) is 5.11 Å². The largest absolute Gasteiger partial charge is 0.507 e. The molecule has 0 saturated heterocycles. The first-order valence-corrected chi connectivity index (χ1v) is 7.17. The van der Waals surface area contributed by atoms with Gasteiger partial charge in [0.05, 0.1) is 0 Å². The van der Waals surface area contributed by atoms with Crippen molar-refractivity contribution in [1.82, 2.24) is 0 Å². The number of phenolic OH excluding ortho intramolecular Hbond substituents is 1. The Balaban J connectivity index is 2.97. The third-order valence-corrected chi connectivity index (χ3v) is 3.31. The first-order chi connectivity index (χ1) is 8.72.